The summed E-state index contributed by atoms with van der Waals surface area (Å²) in [6.45, 7) is 3.76. The SMILES string of the molecule is COc1ccc(S(=O)(=O)N(CC(=O)O)Cc2ccc([N+](=O)[O-])cc2)cc1NC(=O)OC(C)(C)C. The molecule has 0 saturated heterocycles. The Hall–Kier alpha value is -3.71. The molecule has 184 valence electrons. The predicted molar refractivity (Wildman–Crippen MR) is 121 cm³/mol. The largest absolute Gasteiger partial charge is 0.495 e. The molecule has 2 aromatic carbocycles. The second-order valence-electron chi connectivity index (χ2n) is 8.08. The molecule has 1 amide bonds. The van der Waals surface area contributed by atoms with Gasteiger partial charge in [0.2, 0.25) is 10.0 Å². The number of nitro groups is 1. The van der Waals surface area contributed by atoms with Crippen LogP contribution in [0.5, 0.6) is 5.75 Å². The van der Waals surface area contributed by atoms with Gasteiger partial charge in [0.1, 0.15) is 17.9 Å². The van der Waals surface area contributed by atoms with E-state index < -0.39 is 39.2 Å². The number of rotatable bonds is 9. The fourth-order valence-corrected chi connectivity index (χ4v) is 4.22. The molecule has 0 aromatic heterocycles. The summed E-state index contributed by atoms with van der Waals surface area (Å²) in [6.07, 6.45) is -0.839. The molecule has 0 aliphatic carbocycles. The summed E-state index contributed by atoms with van der Waals surface area (Å²) in [5.41, 5.74) is -0.645. The van der Waals surface area contributed by atoms with Gasteiger partial charge in [-0.15, -0.1) is 0 Å². The molecule has 0 atom stereocenters. The average molecular weight is 496 g/mol. The van der Waals surface area contributed by atoms with Gasteiger partial charge >= 0.3 is 12.1 Å². The number of non-ortho nitro benzene ring substituents is 1. The van der Waals surface area contributed by atoms with Crippen LogP contribution < -0.4 is 10.1 Å². The van der Waals surface area contributed by atoms with Gasteiger partial charge in [-0.3, -0.25) is 20.2 Å². The molecule has 12 nitrogen and oxygen atoms in total. The van der Waals surface area contributed by atoms with E-state index >= 15 is 0 Å². The summed E-state index contributed by atoms with van der Waals surface area (Å²) >= 11 is 0. The van der Waals surface area contributed by atoms with Crippen LogP contribution in [0.25, 0.3) is 0 Å². The Morgan fingerprint density at radius 1 is 1.15 bits per heavy atom. The molecule has 2 aromatic rings. The van der Waals surface area contributed by atoms with E-state index in [1.165, 1.54) is 43.5 Å². The van der Waals surface area contributed by atoms with E-state index in [-0.39, 0.29) is 28.6 Å². The highest BCUT2D eigenvalue weighted by molar-refractivity contribution is 7.89. The number of nitrogens with zero attached hydrogens (tertiary/aromatic N) is 2. The molecule has 0 aliphatic heterocycles. The zero-order chi connectivity index (χ0) is 25.7. The van der Waals surface area contributed by atoms with Crippen molar-refractivity contribution in [1.29, 1.82) is 0 Å². The summed E-state index contributed by atoms with van der Waals surface area (Å²) in [4.78, 5) is 33.5. The van der Waals surface area contributed by atoms with E-state index in [4.69, 9.17) is 9.47 Å². The minimum atomic E-state index is -4.37. The van der Waals surface area contributed by atoms with Crippen molar-refractivity contribution in [2.75, 3.05) is 19.0 Å². The smallest absolute Gasteiger partial charge is 0.412 e. The van der Waals surface area contributed by atoms with Gasteiger partial charge in [-0.25, -0.2) is 13.2 Å². The van der Waals surface area contributed by atoms with E-state index in [0.717, 1.165) is 6.07 Å². The molecule has 0 bridgehead atoms. The maximum absolute atomic E-state index is 13.3. The number of carboxylic acid groups (broad SMARTS) is 1. The highest BCUT2D eigenvalue weighted by atomic mass is 32.2. The summed E-state index contributed by atoms with van der Waals surface area (Å²) in [6, 6.07) is 8.71. The molecular weight excluding hydrogens is 470 g/mol. The van der Waals surface area contributed by atoms with Crippen LogP contribution >= 0.6 is 0 Å². The zero-order valence-electron chi connectivity index (χ0n) is 19.0. The highest BCUT2D eigenvalue weighted by Gasteiger charge is 2.28. The standard InChI is InChI=1S/C21H25N3O9S/c1-21(2,3)33-20(27)22-17-11-16(9-10-18(17)32-4)34(30,31)23(13-19(25)26)12-14-5-7-15(8-6-14)24(28)29/h5-11H,12-13H2,1-4H3,(H,22,27)(H,25,26). The molecule has 0 radical (unpaired) electrons. The Balaban J connectivity index is 2.41. The van der Waals surface area contributed by atoms with Gasteiger partial charge in [0.25, 0.3) is 5.69 Å². The van der Waals surface area contributed by atoms with Crippen LogP contribution in [0.15, 0.2) is 47.4 Å². The van der Waals surface area contributed by atoms with Crippen molar-refractivity contribution in [2.45, 2.75) is 37.8 Å². The fourth-order valence-electron chi connectivity index (χ4n) is 2.81. The number of anilines is 1. The van der Waals surface area contributed by atoms with Crippen molar-refractivity contribution in [3.63, 3.8) is 0 Å². The maximum atomic E-state index is 13.3. The normalized spacial score (nSPS) is 11.7. The fraction of sp³-hybridized carbons (Fsp3) is 0.333. The van der Waals surface area contributed by atoms with Crippen LogP contribution in [0.2, 0.25) is 0 Å². The van der Waals surface area contributed by atoms with Gasteiger partial charge in [0.05, 0.1) is 22.6 Å². The molecule has 0 aliphatic rings. The average Bonchev–Trinajstić information content (AvgIpc) is 2.71. The van der Waals surface area contributed by atoms with E-state index in [2.05, 4.69) is 5.32 Å². The molecule has 2 N–H and O–H groups in total. The summed E-state index contributed by atoms with van der Waals surface area (Å²) in [5, 5.41) is 22.5. The lowest BCUT2D eigenvalue weighted by molar-refractivity contribution is -0.384. The number of hydrogen-bond acceptors (Lipinski definition) is 8. The lowest BCUT2D eigenvalue weighted by Crippen LogP contribution is -2.35. The number of ether oxygens (including phenoxy) is 2. The van der Waals surface area contributed by atoms with E-state index in [9.17, 15) is 33.2 Å². The number of carboxylic acids is 1. The number of nitrogens with one attached hydrogen (secondary N) is 1. The number of hydrogen-bond donors (Lipinski definition) is 2. The van der Waals surface area contributed by atoms with Crippen molar-refractivity contribution in [3.8, 4) is 5.75 Å². The van der Waals surface area contributed by atoms with Crippen molar-refractivity contribution in [3.05, 3.63) is 58.1 Å². The first-order valence-electron chi connectivity index (χ1n) is 9.86. The van der Waals surface area contributed by atoms with E-state index in [1.54, 1.807) is 20.8 Å². The van der Waals surface area contributed by atoms with Crippen molar-refractivity contribution in [1.82, 2.24) is 4.31 Å². The molecule has 0 spiro atoms. The predicted octanol–water partition coefficient (Wildman–Crippen LogP) is 3.23. The minimum absolute atomic E-state index is 0.00318. The van der Waals surface area contributed by atoms with Gasteiger partial charge < -0.3 is 14.6 Å². The lowest BCUT2D eigenvalue weighted by Gasteiger charge is -2.22. The third-order valence-corrected chi connectivity index (χ3v) is 6.05. The minimum Gasteiger partial charge on any atom is -0.495 e. The molecular formula is C21H25N3O9S. The number of nitro benzene ring substituents is 1. The Morgan fingerprint density at radius 3 is 2.26 bits per heavy atom. The molecule has 0 fully saturated rings. The second kappa shape index (κ2) is 10.5. The van der Waals surface area contributed by atoms with Crippen LogP contribution in [-0.2, 0) is 26.1 Å². The third kappa shape index (κ3) is 7.15. The Morgan fingerprint density at radius 2 is 1.76 bits per heavy atom. The summed E-state index contributed by atoms with van der Waals surface area (Å²) < 4.78 is 37.6. The number of sulfonamides is 1. The lowest BCUT2D eigenvalue weighted by atomic mass is 10.2. The van der Waals surface area contributed by atoms with E-state index in [1.807, 2.05) is 0 Å². The molecule has 0 unspecified atom stereocenters. The Bertz CT molecular complexity index is 1170. The van der Waals surface area contributed by atoms with Gasteiger partial charge in [0.15, 0.2) is 0 Å². The van der Waals surface area contributed by atoms with Gasteiger partial charge in [-0.05, 0) is 44.5 Å². The van der Waals surface area contributed by atoms with Crippen LogP contribution in [0.4, 0.5) is 16.2 Å². The van der Waals surface area contributed by atoms with E-state index in [0.29, 0.717) is 9.87 Å². The number of amides is 1. The molecule has 0 heterocycles. The third-order valence-electron chi connectivity index (χ3n) is 4.26. The highest BCUT2D eigenvalue weighted by Crippen LogP contribution is 2.30. The molecule has 13 heteroatoms. The number of methoxy groups -OCH3 is 1. The molecule has 0 saturated carbocycles. The van der Waals surface area contributed by atoms with Gasteiger partial charge in [0, 0.05) is 18.7 Å². The van der Waals surface area contributed by atoms with Gasteiger partial charge in [-0.1, -0.05) is 12.1 Å². The monoisotopic (exact) mass is 495 g/mol. The Labute approximate surface area is 196 Å². The second-order valence-corrected chi connectivity index (χ2v) is 10.0. The number of benzene rings is 2. The molecule has 2 rings (SSSR count). The van der Waals surface area contributed by atoms with Crippen LogP contribution in [0.3, 0.4) is 0 Å². The van der Waals surface area contributed by atoms with Crippen molar-refractivity contribution >= 4 is 33.5 Å². The van der Waals surface area contributed by atoms with Crippen molar-refractivity contribution in [2.24, 2.45) is 0 Å². The topological polar surface area (TPSA) is 165 Å². The maximum Gasteiger partial charge on any atom is 0.412 e. The first kappa shape index (κ1) is 26.5. The first-order chi connectivity index (χ1) is 15.7. The van der Waals surface area contributed by atoms with Gasteiger partial charge in [-0.2, -0.15) is 4.31 Å². The quantitative estimate of drug-likeness (QED) is 0.392. The Kier molecular flexibility index (Phi) is 8.18. The molecule has 34 heavy (non-hydrogen) atoms. The zero-order valence-corrected chi connectivity index (χ0v) is 19.8. The summed E-state index contributed by atoms with van der Waals surface area (Å²) in [7, 11) is -3.04. The summed E-state index contributed by atoms with van der Waals surface area (Å²) in [5.74, 6) is -1.24. The number of aliphatic carboxylic acids is 1. The van der Waals surface area contributed by atoms with Crippen LogP contribution in [0.1, 0.15) is 26.3 Å². The van der Waals surface area contributed by atoms with Crippen LogP contribution in [0, 0.1) is 10.1 Å². The number of carbonyl (C=O) groups excluding carboxylic acids is 1. The first-order valence-corrected chi connectivity index (χ1v) is 11.3. The van der Waals surface area contributed by atoms with Crippen LogP contribution in [-0.4, -0.2) is 54.1 Å². The van der Waals surface area contributed by atoms with Crippen molar-refractivity contribution < 1.29 is 37.5 Å². The number of carbonyl (C=O) groups is 2.